The van der Waals surface area contributed by atoms with Crippen LogP contribution in [0.15, 0.2) is 24.3 Å². The molecule has 0 unspecified atom stereocenters. The molecule has 7 nitrogen and oxygen atoms in total. The smallest absolute Gasteiger partial charge is 0.355 e. The van der Waals surface area contributed by atoms with E-state index in [2.05, 4.69) is 4.90 Å². The van der Waals surface area contributed by atoms with Crippen LogP contribution in [0.5, 0.6) is 5.75 Å². The summed E-state index contributed by atoms with van der Waals surface area (Å²) in [4.78, 5) is 30.0. The Kier molecular flexibility index (Phi) is 6.70. The maximum absolute atomic E-state index is 13.4. The second-order valence-electron chi connectivity index (χ2n) is 7.38. The van der Waals surface area contributed by atoms with Crippen LogP contribution < -0.4 is 9.64 Å². The molecule has 162 valence electrons. The Bertz CT molecular complexity index is 910. The van der Waals surface area contributed by atoms with E-state index >= 15 is 0 Å². The van der Waals surface area contributed by atoms with Crippen LogP contribution in [0.1, 0.15) is 46.0 Å². The number of carbonyl (C=O) groups is 2. The molecule has 1 aliphatic heterocycles. The molecule has 0 N–H and O–H groups in total. The molecule has 1 amide bonds. The summed E-state index contributed by atoms with van der Waals surface area (Å²) < 4.78 is 12.3. The summed E-state index contributed by atoms with van der Waals surface area (Å²) in [5.41, 5.74) is 3.75. The van der Waals surface area contributed by atoms with Gasteiger partial charge in [0.05, 0.1) is 19.3 Å². The van der Waals surface area contributed by atoms with E-state index in [9.17, 15) is 9.59 Å². The van der Waals surface area contributed by atoms with Gasteiger partial charge in [-0.3, -0.25) is 4.79 Å². The molecule has 1 aromatic carbocycles. The van der Waals surface area contributed by atoms with Crippen LogP contribution >= 0.6 is 0 Å². The Hall–Kier alpha value is -2.96. The maximum Gasteiger partial charge on any atom is 0.355 e. The number of hydrogen-bond acceptors (Lipinski definition) is 5. The Morgan fingerprint density at radius 1 is 1.00 bits per heavy atom. The average molecular weight is 414 g/mol. The number of hydrogen-bond donors (Lipinski definition) is 0. The van der Waals surface area contributed by atoms with Gasteiger partial charge in [-0.05, 0) is 57.5 Å². The van der Waals surface area contributed by atoms with Crippen molar-refractivity contribution in [3.8, 4) is 5.75 Å². The standard InChI is InChI=1S/C23H31N3O4/c1-6-26-17(4)20(16(3)21(26)23(28)30-7-2)22(27)25-14-12-24(13-15-25)18-8-10-19(29-5)11-9-18/h8-11H,6-7,12-15H2,1-5H3. The first-order valence-electron chi connectivity index (χ1n) is 10.5. The van der Waals surface area contributed by atoms with Gasteiger partial charge in [-0.25, -0.2) is 4.79 Å². The number of amides is 1. The molecule has 0 atom stereocenters. The van der Waals surface area contributed by atoms with Crippen molar-refractivity contribution in [3.05, 3.63) is 46.8 Å². The lowest BCUT2D eigenvalue weighted by molar-refractivity contribution is 0.0512. The van der Waals surface area contributed by atoms with E-state index in [1.165, 1.54) is 0 Å². The zero-order valence-corrected chi connectivity index (χ0v) is 18.5. The Morgan fingerprint density at radius 3 is 2.17 bits per heavy atom. The Labute approximate surface area is 178 Å². The van der Waals surface area contributed by atoms with E-state index in [0.717, 1.165) is 30.2 Å². The number of piperazine rings is 1. The number of carbonyl (C=O) groups excluding carboxylic acids is 2. The largest absolute Gasteiger partial charge is 0.497 e. The van der Waals surface area contributed by atoms with Gasteiger partial charge in [-0.2, -0.15) is 0 Å². The summed E-state index contributed by atoms with van der Waals surface area (Å²) in [6, 6.07) is 7.98. The van der Waals surface area contributed by atoms with Crippen molar-refractivity contribution in [1.29, 1.82) is 0 Å². The van der Waals surface area contributed by atoms with E-state index in [1.807, 2.05) is 54.5 Å². The van der Waals surface area contributed by atoms with Gasteiger partial charge >= 0.3 is 5.97 Å². The minimum Gasteiger partial charge on any atom is -0.497 e. The fraction of sp³-hybridized carbons (Fsp3) is 0.478. The van der Waals surface area contributed by atoms with Gasteiger partial charge in [-0.15, -0.1) is 0 Å². The molecule has 0 aliphatic carbocycles. The highest BCUT2D eigenvalue weighted by atomic mass is 16.5. The zero-order valence-electron chi connectivity index (χ0n) is 18.5. The molecular weight excluding hydrogens is 382 g/mol. The molecule has 1 fully saturated rings. The van der Waals surface area contributed by atoms with Crippen molar-refractivity contribution < 1.29 is 19.1 Å². The van der Waals surface area contributed by atoms with Crippen molar-refractivity contribution in [3.63, 3.8) is 0 Å². The number of anilines is 1. The zero-order chi connectivity index (χ0) is 21.8. The highest BCUT2D eigenvalue weighted by molar-refractivity contribution is 6.01. The Balaban J connectivity index is 1.77. The fourth-order valence-electron chi connectivity index (χ4n) is 4.19. The third-order valence-electron chi connectivity index (χ3n) is 5.77. The van der Waals surface area contributed by atoms with Gasteiger partial charge in [0.15, 0.2) is 0 Å². The van der Waals surface area contributed by atoms with Crippen molar-refractivity contribution >= 4 is 17.6 Å². The van der Waals surface area contributed by atoms with Crippen molar-refractivity contribution in [1.82, 2.24) is 9.47 Å². The lowest BCUT2D eigenvalue weighted by Crippen LogP contribution is -2.49. The first-order chi connectivity index (χ1) is 14.4. The van der Waals surface area contributed by atoms with E-state index < -0.39 is 0 Å². The number of ether oxygens (including phenoxy) is 2. The molecule has 7 heteroatoms. The van der Waals surface area contributed by atoms with Crippen LogP contribution in [-0.4, -0.2) is 61.2 Å². The lowest BCUT2D eigenvalue weighted by Gasteiger charge is -2.36. The molecule has 30 heavy (non-hydrogen) atoms. The molecule has 0 radical (unpaired) electrons. The summed E-state index contributed by atoms with van der Waals surface area (Å²) in [5, 5.41) is 0. The van der Waals surface area contributed by atoms with Crippen LogP contribution in [0.2, 0.25) is 0 Å². The minimum absolute atomic E-state index is 0.0165. The average Bonchev–Trinajstić information content (AvgIpc) is 3.03. The minimum atomic E-state index is -0.372. The summed E-state index contributed by atoms with van der Waals surface area (Å²) in [7, 11) is 1.66. The van der Waals surface area contributed by atoms with Gasteiger partial charge < -0.3 is 23.8 Å². The van der Waals surface area contributed by atoms with Crippen LogP contribution in [0, 0.1) is 13.8 Å². The molecule has 1 aliphatic rings. The lowest BCUT2D eigenvalue weighted by atomic mass is 10.1. The molecule has 0 spiro atoms. The number of rotatable bonds is 6. The molecule has 3 rings (SSSR count). The monoisotopic (exact) mass is 413 g/mol. The summed E-state index contributed by atoms with van der Waals surface area (Å²) in [6.07, 6.45) is 0. The van der Waals surface area contributed by atoms with Crippen LogP contribution in [0.3, 0.4) is 0 Å². The molecule has 2 heterocycles. The third kappa shape index (κ3) is 4.01. The summed E-state index contributed by atoms with van der Waals surface area (Å²) in [5.74, 6) is 0.441. The molecule has 0 bridgehead atoms. The van der Waals surface area contributed by atoms with Crippen molar-refractivity contribution in [2.24, 2.45) is 0 Å². The van der Waals surface area contributed by atoms with E-state index in [4.69, 9.17) is 9.47 Å². The quantitative estimate of drug-likeness (QED) is 0.680. The second kappa shape index (κ2) is 9.24. The van der Waals surface area contributed by atoms with Crippen molar-refractivity contribution in [2.45, 2.75) is 34.2 Å². The highest BCUT2D eigenvalue weighted by Gasteiger charge is 2.30. The summed E-state index contributed by atoms with van der Waals surface area (Å²) >= 11 is 0. The predicted octanol–water partition coefficient (Wildman–Crippen LogP) is 3.27. The first-order valence-corrected chi connectivity index (χ1v) is 10.5. The highest BCUT2D eigenvalue weighted by Crippen LogP contribution is 2.26. The van der Waals surface area contributed by atoms with Gasteiger partial charge in [0.25, 0.3) is 5.91 Å². The van der Waals surface area contributed by atoms with Gasteiger partial charge in [0, 0.05) is 44.1 Å². The van der Waals surface area contributed by atoms with Gasteiger partial charge in [-0.1, -0.05) is 0 Å². The number of nitrogens with zero attached hydrogens (tertiary/aromatic N) is 3. The topological polar surface area (TPSA) is 64.0 Å². The molecule has 1 aromatic heterocycles. The van der Waals surface area contributed by atoms with E-state index in [-0.39, 0.29) is 11.9 Å². The van der Waals surface area contributed by atoms with Crippen LogP contribution in [-0.2, 0) is 11.3 Å². The normalized spacial score (nSPS) is 14.0. The maximum atomic E-state index is 13.4. The number of aromatic nitrogens is 1. The second-order valence-corrected chi connectivity index (χ2v) is 7.38. The van der Waals surface area contributed by atoms with Crippen LogP contribution in [0.4, 0.5) is 5.69 Å². The number of esters is 1. The fourth-order valence-corrected chi connectivity index (χ4v) is 4.19. The molecule has 1 saturated heterocycles. The van der Waals surface area contributed by atoms with E-state index in [1.54, 1.807) is 14.0 Å². The van der Waals surface area contributed by atoms with Crippen LogP contribution in [0.25, 0.3) is 0 Å². The number of benzene rings is 1. The van der Waals surface area contributed by atoms with E-state index in [0.29, 0.717) is 43.1 Å². The summed E-state index contributed by atoms with van der Waals surface area (Å²) in [6.45, 7) is 11.2. The molecular formula is C23H31N3O4. The SMILES string of the molecule is CCOC(=O)c1c(C)c(C(=O)N2CCN(c3ccc(OC)cc3)CC2)c(C)n1CC. The number of methoxy groups -OCH3 is 1. The van der Waals surface area contributed by atoms with Gasteiger partial charge in [0.2, 0.25) is 0 Å². The molecule has 2 aromatic rings. The first kappa shape index (κ1) is 21.7. The Morgan fingerprint density at radius 2 is 1.63 bits per heavy atom. The van der Waals surface area contributed by atoms with Gasteiger partial charge in [0.1, 0.15) is 11.4 Å². The predicted molar refractivity (Wildman–Crippen MR) is 117 cm³/mol. The third-order valence-corrected chi connectivity index (χ3v) is 5.77. The van der Waals surface area contributed by atoms with Crippen molar-refractivity contribution in [2.75, 3.05) is 44.8 Å². The molecule has 0 saturated carbocycles.